The monoisotopic (exact) mass is 427 g/mol. The maximum atomic E-state index is 6.29. The Hall–Kier alpha value is -3.98. The van der Waals surface area contributed by atoms with Gasteiger partial charge in [-0.2, -0.15) is 20.3 Å². The predicted molar refractivity (Wildman–Crippen MR) is 118 cm³/mol. The highest BCUT2D eigenvalue weighted by Gasteiger charge is 2.22. The molecule has 5 aromatic rings. The molecule has 4 aromatic heterocycles. The Morgan fingerprint density at radius 2 is 2.00 bits per heavy atom. The van der Waals surface area contributed by atoms with Crippen LogP contribution in [0.25, 0.3) is 39.2 Å². The van der Waals surface area contributed by atoms with Gasteiger partial charge in [0.1, 0.15) is 6.10 Å². The fourth-order valence-corrected chi connectivity index (χ4v) is 3.98. The second-order valence-corrected chi connectivity index (χ2v) is 7.83. The van der Waals surface area contributed by atoms with E-state index in [1.54, 1.807) is 15.4 Å². The van der Waals surface area contributed by atoms with Gasteiger partial charge in [-0.25, -0.2) is 4.52 Å². The van der Waals surface area contributed by atoms with Crippen LogP contribution in [0.4, 0.5) is 0 Å². The summed E-state index contributed by atoms with van der Waals surface area (Å²) in [6, 6.07) is 10.1. The van der Waals surface area contributed by atoms with Crippen LogP contribution in [-0.2, 0) is 11.8 Å². The van der Waals surface area contributed by atoms with E-state index in [-0.39, 0.29) is 6.10 Å². The lowest BCUT2D eigenvalue weighted by Gasteiger charge is -2.14. The number of aromatic amines is 1. The summed E-state index contributed by atoms with van der Waals surface area (Å²) < 4.78 is 15.3. The number of H-pyrrole nitrogens is 1. The summed E-state index contributed by atoms with van der Waals surface area (Å²) >= 11 is 0. The van der Waals surface area contributed by atoms with E-state index in [1.165, 1.54) is 0 Å². The van der Waals surface area contributed by atoms with Gasteiger partial charge in [0.2, 0.25) is 5.88 Å². The van der Waals surface area contributed by atoms with Gasteiger partial charge in [-0.15, -0.1) is 0 Å². The molecule has 1 aromatic carbocycles. The molecule has 1 fully saturated rings. The van der Waals surface area contributed by atoms with Crippen molar-refractivity contribution in [1.82, 2.24) is 34.6 Å². The largest absolute Gasteiger partial charge is 0.471 e. The number of aryl methyl sites for hydroxylation is 1. The molecule has 160 valence electrons. The zero-order valence-electron chi connectivity index (χ0n) is 17.5. The van der Waals surface area contributed by atoms with Crippen molar-refractivity contribution in [3.8, 4) is 39.4 Å². The number of hydrogen-bond acceptors (Lipinski definition) is 6. The van der Waals surface area contributed by atoms with Gasteiger partial charge < -0.3 is 9.47 Å². The molecule has 1 aliphatic heterocycles. The zero-order chi connectivity index (χ0) is 21.5. The molecule has 0 aliphatic carbocycles. The van der Waals surface area contributed by atoms with Gasteiger partial charge in [0.15, 0.2) is 5.65 Å². The first-order valence-electron chi connectivity index (χ1n) is 10.5. The van der Waals surface area contributed by atoms with Gasteiger partial charge in [-0.05, 0) is 17.7 Å². The van der Waals surface area contributed by atoms with E-state index in [4.69, 9.17) is 14.5 Å². The first-order chi connectivity index (χ1) is 15.7. The van der Waals surface area contributed by atoms with E-state index in [0.717, 1.165) is 45.6 Å². The Bertz CT molecular complexity index is 1380. The summed E-state index contributed by atoms with van der Waals surface area (Å²) in [5.74, 6) is 0.561. The van der Waals surface area contributed by atoms with Crippen molar-refractivity contribution in [3.05, 3.63) is 61.3 Å². The Balaban J connectivity index is 1.47. The number of fused-ring (bicyclic) bond motifs is 1. The van der Waals surface area contributed by atoms with Crippen LogP contribution >= 0.6 is 0 Å². The normalized spacial score (nSPS) is 16.1. The molecule has 1 atom stereocenters. The maximum Gasteiger partial charge on any atom is 0.225 e. The number of rotatable bonds is 5. The summed E-state index contributed by atoms with van der Waals surface area (Å²) in [6.45, 7) is 1.27. The van der Waals surface area contributed by atoms with Gasteiger partial charge in [0, 0.05) is 48.7 Å². The fourth-order valence-electron chi connectivity index (χ4n) is 3.98. The molecule has 0 bridgehead atoms. The smallest absolute Gasteiger partial charge is 0.225 e. The molecule has 0 amide bonds. The Morgan fingerprint density at radius 1 is 1.06 bits per heavy atom. The third-order valence-corrected chi connectivity index (χ3v) is 5.61. The first-order valence-corrected chi connectivity index (χ1v) is 10.5. The van der Waals surface area contributed by atoms with Gasteiger partial charge in [0.25, 0.3) is 0 Å². The van der Waals surface area contributed by atoms with Crippen LogP contribution in [0.2, 0.25) is 0 Å². The average molecular weight is 427 g/mol. The van der Waals surface area contributed by atoms with Crippen molar-refractivity contribution in [2.24, 2.45) is 7.05 Å². The zero-order valence-corrected chi connectivity index (χ0v) is 17.5. The van der Waals surface area contributed by atoms with E-state index >= 15 is 0 Å². The number of nitrogens with zero attached hydrogens (tertiary/aromatic N) is 6. The molecule has 9 nitrogen and oxygen atoms in total. The van der Waals surface area contributed by atoms with Crippen molar-refractivity contribution in [2.75, 3.05) is 13.2 Å². The van der Waals surface area contributed by atoms with E-state index in [1.807, 2.05) is 50.0 Å². The molecule has 1 saturated heterocycles. The molecule has 1 unspecified atom stereocenters. The minimum atomic E-state index is -0.0188. The topological polar surface area (TPSA) is 95.2 Å². The highest BCUT2D eigenvalue weighted by molar-refractivity contribution is 5.81. The van der Waals surface area contributed by atoms with Crippen LogP contribution in [0.3, 0.4) is 0 Å². The van der Waals surface area contributed by atoms with Crippen LogP contribution in [0, 0.1) is 0 Å². The minimum absolute atomic E-state index is 0.0188. The Kier molecular flexibility index (Phi) is 4.46. The van der Waals surface area contributed by atoms with E-state index in [0.29, 0.717) is 19.1 Å². The van der Waals surface area contributed by atoms with Crippen LogP contribution in [0.15, 0.2) is 61.3 Å². The van der Waals surface area contributed by atoms with Crippen molar-refractivity contribution in [1.29, 1.82) is 0 Å². The number of aromatic nitrogens is 7. The fraction of sp³-hybridized carbons (Fsp3) is 0.217. The lowest BCUT2D eigenvalue weighted by molar-refractivity contribution is 0.138. The maximum absolute atomic E-state index is 6.29. The molecule has 9 heteroatoms. The van der Waals surface area contributed by atoms with Gasteiger partial charge in [0.05, 0.1) is 36.9 Å². The third-order valence-electron chi connectivity index (χ3n) is 5.61. The second-order valence-electron chi connectivity index (χ2n) is 7.83. The lowest BCUT2D eigenvalue weighted by atomic mass is 10.0. The molecule has 0 saturated carbocycles. The van der Waals surface area contributed by atoms with Crippen LogP contribution < -0.4 is 4.74 Å². The first kappa shape index (κ1) is 18.8. The number of nitrogens with one attached hydrogen (secondary N) is 1. The third kappa shape index (κ3) is 3.32. The van der Waals surface area contributed by atoms with Crippen LogP contribution in [0.1, 0.15) is 6.42 Å². The molecule has 32 heavy (non-hydrogen) atoms. The van der Waals surface area contributed by atoms with E-state index in [9.17, 15) is 0 Å². The van der Waals surface area contributed by atoms with Crippen molar-refractivity contribution >= 4 is 5.65 Å². The number of ether oxygens (including phenoxy) is 2. The molecule has 1 aliphatic rings. The summed E-state index contributed by atoms with van der Waals surface area (Å²) in [7, 11) is 1.89. The summed E-state index contributed by atoms with van der Waals surface area (Å²) in [6.07, 6.45) is 10.2. The molecule has 5 heterocycles. The molecule has 6 rings (SSSR count). The van der Waals surface area contributed by atoms with E-state index < -0.39 is 0 Å². The van der Waals surface area contributed by atoms with Crippen molar-refractivity contribution < 1.29 is 9.47 Å². The molecular formula is C23H21N7O2. The molecule has 1 N–H and O–H groups in total. The summed E-state index contributed by atoms with van der Waals surface area (Å²) in [4.78, 5) is 4.92. The highest BCUT2D eigenvalue weighted by atomic mass is 16.5. The summed E-state index contributed by atoms with van der Waals surface area (Å²) in [5, 5.41) is 16.0. The lowest BCUT2D eigenvalue weighted by Crippen LogP contribution is -2.17. The number of benzene rings is 1. The van der Waals surface area contributed by atoms with E-state index in [2.05, 4.69) is 32.5 Å². The van der Waals surface area contributed by atoms with Gasteiger partial charge >= 0.3 is 0 Å². The van der Waals surface area contributed by atoms with Gasteiger partial charge in [-0.1, -0.05) is 18.2 Å². The Morgan fingerprint density at radius 3 is 2.78 bits per heavy atom. The molecular weight excluding hydrogens is 406 g/mol. The van der Waals surface area contributed by atoms with Crippen LogP contribution in [-0.4, -0.2) is 53.9 Å². The minimum Gasteiger partial charge on any atom is -0.471 e. The quantitative estimate of drug-likeness (QED) is 0.462. The Labute approximate surface area is 183 Å². The standard InChI is InChI=1S/C23H21N7O2/c1-29-12-17(10-25-29)20-13-30-22(27-23(20)32-18-6-8-31-14-18)19(11-26-30)15-3-2-4-16(9-15)21-5-7-24-28-21/h2-5,7,9-13,18H,6,8,14H2,1H3,(H,24,28). The van der Waals surface area contributed by atoms with Crippen LogP contribution in [0.5, 0.6) is 5.88 Å². The highest BCUT2D eigenvalue weighted by Crippen LogP contribution is 2.34. The molecule has 0 radical (unpaired) electrons. The van der Waals surface area contributed by atoms with Crippen molar-refractivity contribution in [3.63, 3.8) is 0 Å². The SMILES string of the molecule is Cn1cc(-c2cn3ncc(-c4cccc(-c5cc[nH]n5)c4)c3nc2OC2CCOC2)cn1. The average Bonchev–Trinajstić information content (AvgIpc) is 3.61. The van der Waals surface area contributed by atoms with Crippen molar-refractivity contribution in [2.45, 2.75) is 12.5 Å². The predicted octanol–water partition coefficient (Wildman–Crippen LogP) is 3.35. The molecule has 0 spiro atoms. The summed E-state index contributed by atoms with van der Waals surface area (Å²) in [5.41, 5.74) is 6.34. The second kappa shape index (κ2) is 7.61. The van der Waals surface area contributed by atoms with Gasteiger partial charge in [-0.3, -0.25) is 9.78 Å². The number of hydrogen-bond donors (Lipinski definition) is 1.